The molecule has 2 N–H and O–H groups in total. The SMILES string of the molecule is COc1ccc(C(c2ccccc2)(c2ccccc2)N2C[C@]3(n4ccc(=O)[nH]c4=O)C[C@H]2[C@@H](CO)O3)cc1. The molecule has 3 aromatic carbocycles. The molecule has 2 aliphatic rings. The van der Waals surface area contributed by atoms with Gasteiger partial charge in [-0.05, 0) is 28.8 Å². The number of ether oxygens (including phenoxy) is 2. The number of hydrogen-bond donors (Lipinski definition) is 2. The summed E-state index contributed by atoms with van der Waals surface area (Å²) in [6.45, 7) is 0.152. The first-order valence-electron chi connectivity index (χ1n) is 12.7. The van der Waals surface area contributed by atoms with Crippen LogP contribution in [-0.2, 0) is 16.0 Å². The standard InChI is InChI=1S/C30H29N3O5/c1-37-24-14-12-23(13-15-24)30(21-8-4-2-5-9-21,22-10-6-3-7-11-22)33-20-29(18-25(33)26(19-34)38-29)32-17-16-27(35)31-28(32)36/h2-17,25-26,34H,18-20H2,1H3,(H,31,35,36)/t25-,26+,29-/m0/s1. The van der Waals surface area contributed by atoms with Gasteiger partial charge in [-0.15, -0.1) is 0 Å². The maximum absolute atomic E-state index is 13.0. The third-order valence-electron chi connectivity index (χ3n) is 7.91. The summed E-state index contributed by atoms with van der Waals surface area (Å²) in [5.41, 5.74) is 0.279. The van der Waals surface area contributed by atoms with Crippen molar-refractivity contribution in [1.82, 2.24) is 14.5 Å². The van der Waals surface area contributed by atoms with Crippen LogP contribution >= 0.6 is 0 Å². The van der Waals surface area contributed by atoms with Crippen LogP contribution in [0.15, 0.2) is 107 Å². The molecular weight excluding hydrogens is 482 g/mol. The van der Waals surface area contributed by atoms with Gasteiger partial charge in [0.25, 0.3) is 5.56 Å². The van der Waals surface area contributed by atoms with Gasteiger partial charge in [-0.3, -0.25) is 19.2 Å². The molecule has 3 atom stereocenters. The van der Waals surface area contributed by atoms with Gasteiger partial charge in [-0.2, -0.15) is 0 Å². The number of aliphatic hydroxyl groups is 1. The lowest BCUT2D eigenvalue weighted by Crippen LogP contribution is -2.59. The van der Waals surface area contributed by atoms with Gasteiger partial charge in [0.05, 0.1) is 25.4 Å². The maximum Gasteiger partial charge on any atom is 0.330 e. The normalized spacial score (nSPS) is 23.0. The number of nitrogens with zero attached hydrogens (tertiary/aromatic N) is 2. The highest BCUT2D eigenvalue weighted by atomic mass is 16.5. The molecule has 0 aliphatic carbocycles. The number of nitrogens with one attached hydrogen (secondary N) is 1. The Morgan fingerprint density at radius 1 is 0.947 bits per heavy atom. The van der Waals surface area contributed by atoms with E-state index in [2.05, 4.69) is 46.3 Å². The molecule has 8 heteroatoms. The lowest BCUT2D eigenvalue weighted by Gasteiger charge is -2.50. The molecule has 0 spiro atoms. The first-order valence-corrected chi connectivity index (χ1v) is 12.7. The predicted octanol–water partition coefficient (Wildman–Crippen LogP) is 2.66. The molecule has 3 heterocycles. The molecule has 2 aliphatic heterocycles. The fourth-order valence-corrected chi connectivity index (χ4v) is 6.35. The summed E-state index contributed by atoms with van der Waals surface area (Å²) >= 11 is 0. The van der Waals surface area contributed by atoms with E-state index in [1.807, 2.05) is 48.5 Å². The zero-order valence-corrected chi connectivity index (χ0v) is 21.0. The molecule has 0 amide bonds. The minimum atomic E-state index is -1.05. The summed E-state index contributed by atoms with van der Waals surface area (Å²) in [4.78, 5) is 29.5. The second-order valence-electron chi connectivity index (χ2n) is 9.84. The molecule has 2 saturated heterocycles. The van der Waals surface area contributed by atoms with E-state index in [9.17, 15) is 14.7 Å². The zero-order chi connectivity index (χ0) is 26.3. The van der Waals surface area contributed by atoms with Crippen molar-refractivity contribution >= 4 is 0 Å². The second-order valence-corrected chi connectivity index (χ2v) is 9.84. The molecule has 0 radical (unpaired) electrons. The van der Waals surface area contributed by atoms with Crippen molar-refractivity contribution in [2.75, 3.05) is 20.3 Å². The second kappa shape index (κ2) is 9.40. The molecule has 4 aromatic rings. The predicted molar refractivity (Wildman–Crippen MR) is 142 cm³/mol. The van der Waals surface area contributed by atoms with Crippen molar-refractivity contribution in [3.63, 3.8) is 0 Å². The molecule has 6 rings (SSSR count). The number of aromatic amines is 1. The number of fused-ring (bicyclic) bond motifs is 2. The summed E-state index contributed by atoms with van der Waals surface area (Å²) in [5, 5.41) is 10.4. The molecule has 0 saturated carbocycles. The van der Waals surface area contributed by atoms with Gasteiger partial charge in [0, 0.05) is 31.3 Å². The fourth-order valence-electron chi connectivity index (χ4n) is 6.35. The molecule has 2 fully saturated rings. The van der Waals surface area contributed by atoms with Crippen molar-refractivity contribution in [3.8, 4) is 5.75 Å². The van der Waals surface area contributed by atoms with E-state index in [-0.39, 0.29) is 12.6 Å². The number of methoxy groups -OCH3 is 1. The third-order valence-corrected chi connectivity index (χ3v) is 7.91. The van der Waals surface area contributed by atoms with Crippen LogP contribution in [0, 0.1) is 0 Å². The Morgan fingerprint density at radius 2 is 1.55 bits per heavy atom. The van der Waals surface area contributed by atoms with E-state index in [1.165, 1.54) is 16.8 Å². The van der Waals surface area contributed by atoms with Crippen LogP contribution in [0.3, 0.4) is 0 Å². The molecule has 2 bridgehead atoms. The highest BCUT2D eigenvalue weighted by Crippen LogP contribution is 2.53. The van der Waals surface area contributed by atoms with Gasteiger partial charge in [0.2, 0.25) is 0 Å². The van der Waals surface area contributed by atoms with Crippen molar-refractivity contribution in [2.45, 2.75) is 29.8 Å². The van der Waals surface area contributed by atoms with Gasteiger partial charge in [0.15, 0.2) is 5.72 Å². The quantitative estimate of drug-likeness (QED) is 0.371. The van der Waals surface area contributed by atoms with Crippen molar-refractivity contribution < 1.29 is 14.6 Å². The van der Waals surface area contributed by atoms with Gasteiger partial charge >= 0.3 is 5.69 Å². The van der Waals surface area contributed by atoms with E-state index >= 15 is 0 Å². The van der Waals surface area contributed by atoms with Crippen LogP contribution < -0.4 is 16.0 Å². The number of rotatable bonds is 7. The van der Waals surface area contributed by atoms with Crippen LogP contribution in [0.5, 0.6) is 5.75 Å². The maximum atomic E-state index is 13.0. The van der Waals surface area contributed by atoms with E-state index < -0.39 is 28.6 Å². The van der Waals surface area contributed by atoms with Gasteiger partial charge in [-0.25, -0.2) is 4.79 Å². The highest BCUT2D eigenvalue weighted by Gasteiger charge is 2.63. The Labute approximate surface area is 219 Å². The Balaban J connectivity index is 1.62. The van der Waals surface area contributed by atoms with Gasteiger partial charge in [0.1, 0.15) is 5.75 Å². The minimum Gasteiger partial charge on any atom is -0.497 e. The number of aromatic nitrogens is 2. The number of likely N-dealkylation sites (tertiary alicyclic amines) is 1. The Kier molecular flexibility index (Phi) is 6.03. The zero-order valence-electron chi connectivity index (χ0n) is 21.0. The van der Waals surface area contributed by atoms with Crippen LogP contribution in [0.25, 0.3) is 0 Å². The largest absolute Gasteiger partial charge is 0.497 e. The van der Waals surface area contributed by atoms with E-state index in [4.69, 9.17) is 9.47 Å². The third kappa shape index (κ3) is 3.64. The van der Waals surface area contributed by atoms with Crippen molar-refractivity contribution in [3.05, 3.63) is 135 Å². The summed E-state index contributed by atoms with van der Waals surface area (Å²) in [7, 11) is 1.64. The molecular formula is C30H29N3O5. The van der Waals surface area contributed by atoms with Crippen LogP contribution in [0.4, 0.5) is 0 Å². The Bertz CT molecular complexity index is 1490. The summed E-state index contributed by atoms with van der Waals surface area (Å²) < 4.78 is 13.3. The first kappa shape index (κ1) is 24.4. The highest BCUT2D eigenvalue weighted by molar-refractivity contribution is 5.51. The van der Waals surface area contributed by atoms with Gasteiger partial charge in [-0.1, -0.05) is 72.8 Å². The van der Waals surface area contributed by atoms with E-state index in [0.29, 0.717) is 13.0 Å². The van der Waals surface area contributed by atoms with E-state index in [0.717, 1.165) is 22.4 Å². The smallest absolute Gasteiger partial charge is 0.330 e. The summed E-state index contributed by atoms with van der Waals surface area (Å²) in [6, 6.07) is 29.6. The monoisotopic (exact) mass is 511 g/mol. The molecule has 38 heavy (non-hydrogen) atoms. The number of H-pyrrole nitrogens is 1. The number of aliphatic hydroxyl groups excluding tert-OH is 1. The molecule has 1 aromatic heterocycles. The average molecular weight is 512 g/mol. The molecule has 8 nitrogen and oxygen atoms in total. The van der Waals surface area contributed by atoms with Crippen LogP contribution in [-0.4, -0.2) is 52.0 Å². The Hall–Kier alpha value is -3.98. The number of hydrogen-bond acceptors (Lipinski definition) is 6. The summed E-state index contributed by atoms with van der Waals surface area (Å²) in [5.74, 6) is 0.750. The number of morpholine rings is 1. The van der Waals surface area contributed by atoms with Crippen LogP contribution in [0.2, 0.25) is 0 Å². The lowest BCUT2D eigenvalue weighted by molar-refractivity contribution is -0.165. The van der Waals surface area contributed by atoms with Crippen LogP contribution in [0.1, 0.15) is 23.1 Å². The summed E-state index contributed by atoms with van der Waals surface area (Å²) in [6.07, 6.45) is 1.43. The van der Waals surface area contributed by atoms with Gasteiger partial charge < -0.3 is 14.6 Å². The lowest BCUT2D eigenvalue weighted by atomic mass is 9.74. The Morgan fingerprint density at radius 3 is 2.11 bits per heavy atom. The first-order chi connectivity index (χ1) is 18.5. The number of benzene rings is 3. The molecule has 194 valence electrons. The van der Waals surface area contributed by atoms with Crippen molar-refractivity contribution in [2.24, 2.45) is 0 Å². The van der Waals surface area contributed by atoms with E-state index in [1.54, 1.807) is 7.11 Å². The average Bonchev–Trinajstić information content (AvgIpc) is 3.52. The van der Waals surface area contributed by atoms with Crippen molar-refractivity contribution in [1.29, 1.82) is 0 Å². The minimum absolute atomic E-state index is 0.205. The molecule has 0 unspecified atom stereocenters. The topological polar surface area (TPSA) is 96.8 Å². The fraction of sp³-hybridized carbons (Fsp3) is 0.267.